The highest BCUT2D eigenvalue weighted by atomic mass is 35.5. The fourth-order valence-electron chi connectivity index (χ4n) is 3.05. The van der Waals surface area contributed by atoms with Crippen LogP contribution in [0.25, 0.3) is 22.8 Å². The third kappa shape index (κ3) is 3.95. The standard InChI is InChI=1S/C20H18ClN3O3/c21-15-7-5-6-14(12-15)20-22-19(23-27-20)16-8-1-2-9-17(16)26-13-18(25)24-10-3-4-11-24/h1-2,5-9,12H,3-4,10-11,13H2. The zero-order chi connectivity index (χ0) is 18.6. The average molecular weight is 384 g/mol. The van der Waals surface area contributed by atoms with Crippen LogP contribution in [0.3, 0.4) is 0 Å². The van der Waals surface area contributed by atoms with E-state index in [9.17, 15) is 4.79 Å². The van der Waals surface area contributed by atoms with Crippen LogP contribution in [0.4, 0.5) is 0 Å². The SMILES string of the molecule is O=C(COc1ccccc1-c1noc(-c2cccc(Cl)c2)n1)N1CCCC1. The van der Waals surface area contributed by atoms with Crippen molar-refractivity contribution in [1.82, 2.24) is 15.0 Å². The molecule has 0 aliphatic carbocycles. The molecule has 1 aromatic heterocycles. The van der Waals surface area contributed by atoms with E-state index >= 15 is 0 Å². The second kappa shape index (κ2) is 7.80. The molecule has 1 aliphatic heterocycles. The molecular weight excluding hydrogens is 366 g/mol. The van der Waals surface area contributed by atoms with E-state index in [0.717, 1.165) is 31.5 Å². The number of nitrogens with zero attached hydrogens (tertiary/aromatic N) is 3. The van der Waals surface area contributed by atoms with Gasteiger partial charge in [-0.1, -0.05) is 35.0 Å². The van der Waals surface area contributed by atoms with Crippen molar-refractivity contribution < 1.29 is 14.1 Å². The van der Waals surface area contributed by atoms with Crippen LogP contribution in [0.5, 0.6) is 5.75 Å². The van der Waals surface area contributed by atoms with Gasteiger partial charge in [-0.3, -0.25) is 4.79 Å². The summed E-state index contributed by atoms with van der Waals surface area (Å²) in [4.78, 5) is 18.5. The average Bonchev–Trinajstić information content (AvgIpc) is 3.38. The lowest BCUT2D eigenvalue weighted by molar-refractivity contribution is -0.132. The Morgan fingerprint density at radius 2 is 1.96 bits per heavy atom. The van der Waals surface area contributed by atoms with Gasteiger partial charge in [0.15, 0.2) is 6.61 Å². The minimum atomic E-state index is -0.00460. The summed E-state index contributed by atoms with van der Waals surface area (Å²) in [5.74, 6) is 1.31. The second-order valence-corrected chi connectivity index (χ2v) is 6.74. The number of aromatic nitrogens is 2. The molecule has 0 radical (unpaired) electrons. The van der Waals surface area contributed by atoms with Crippen LogP contribution in [-0.4, -0.2) is 40.6 Å². The number of carbonyl (C=O) groups is 1. The van der Waals surface area contributed by atoms with E-state index in [2.05, 4.69) is 10.1 Å². The molecule has 138 valence electrons. The highest BCUT2D eigenvalue weighted by molar-refractivity contribution is 6.30. The third-order valence-corrected chi connectivity index (χ3v) is 4.67. The van der Waals surface area contributed by atoms with Crippen molar-refractivity contribution in [3.63, 3.8) is 0 Å². The summed E-state index contributed by atoms with van der Waals surface area (Å²) in [5.41, 5.74) is 1.41. The largest absolute Gasteiger partial charge is 0.483 e. The lowest BCUT2D eigenvalue weighted by Crippen LogP contribution is -2.32. The highest BCUT2D eigenvalue weighted by Gasteiger charge is 2.20. The van der Waals surface area contributed by atoms with Gasteiger partial charge in [-0.25, -0.2) is 0 Å². The zero-order valence-corrected chi connectivity index (χ0v) is 15.4. The molecule has 2 heterocycles. The molecule has 6 nitrogen and oxygen atoms in total. The quantitative estimate of drug-likeness (QED) is 0.664. The van der Waals surface area contributed by atoms with Crippen molar-refractivity contribution in [1.29, 1.82) is 0 Å². The Balaban J connectivity index is 1.53. The first-order valence-electron chi connectivity index (χ1n) is 8.80. The molecule has 0 unspecified atom stereocenters. The van der Waals surface area contributed by atoms with Crippen LogP contribution in [0, 0.1) is 0 Å². The molecule has 7 heteroatoms. The molecule has 1 fully saturated rings. The molecule has 1 saturated heterocycles. The number of amides is 1. The Labute approximate surface area is 161 Å². The summed E-state index contributed by atoms with van der Waals surface area (Å²) >= 11 is 6.02. The van der Waals surface area contributed by atoms with E-state index < -0.39 is 0 Å². The number of hydrogen-bond donors (Lipinski definition) is 0. The van der Waals surface area contributed by atoms with Crippen molar-refractivity contribution in [2.24, 2.45) is 0 Å². The number of para-hydroxylation sites is 1. The minimum Gasteiger partial charge on any atom is -0.483 e. The molecule has 0 bridgehead atoms. The van der Waals surface area contributed by atoms with E-state index in [0.29, 0.717) is 28.1 Å². The molecule has 2 aromatic carbocycles. The van der Waals surface area contributed by atoms with Crippen LogP contribution in [0.15, 0.2) is 53.1 Å². The minimum absolute atomic E-state index is 0.00395. The van der Waals surface area contributed by atoms with Crippen molar-refractivity contribution in [2.75, 3.05) is 19.7 Å². The van der Waals surface area contributed by atoms with Crippen molar-refractivity contribution in [3.8, 4) is 28.6 Å². The Morgan fingerprint density at radius 3 is 2.78 bits per heavy atom. The summed E-state index contributed by atoms with van der Waals surface area (Å²) in [7, 11) is 0. The topological polar surface area (TPSA) is 68.5 Å². The first-order valence-corrected chi connectivity index (χ1v) is 9.18. The molecule has 4 rings (SSSR count). The number of carbonyl (C=O) groups excluding carboxylic acids is 1. The lowest BCUT2D eigenvalue weighted by Gasteiger charge is -2.16. The van der Waals surface area contributed by atoms with Crippen molar-refractivity contribution in [2.45, 2.75) is 12.8 Å². The second-order valence-electron chi connectivity index (χ2n) is 6.31. The maximum atomic E-state index is 12.2. The van der Waals surface area contributed by atoms with Crippen LogP contribution >= 0.6 is 11.6 Å². The fourth-order valence-corrected chi connectivity index (χ4v) is 3.24. The monoisotopic (exact) mass is 383 g/mol. The number of halogens is 1. The molecule has 3 aromatic rings. The van der Waals surface area contributed by atoms with Crippen molar-refractivity contribution >= 4 is 17.5 Å². The van der Waals surface area contributed by atoms with E-state index in [1.165, 1.54) is 0 Å². The maximum Gasteiger partial charge on any atom is 0.260 e. The Hall–Kier alpha value is -2.86. The molecular formula is C20H18ClN3O3. The van der Waals surface area contributed by atoms with Crippen LogP contribution < -0.4 is 4.74 Å². The Bertz CT molecular complexity index is 951. The Morgan fingerprint density at radius 1 is 1.15 bits per heavy atom. The summed E-state index contributed by atoms with van der Waals surface area (Å²) in [6, 6.07) is 14.5. The molecule has 0 saturated carbocycles. The van der Waals surface area contributed by atoms with E-state index in [-0.39, 0.29) is 12.5 Å². The van der Waals surface area contributed by atoms with Gasteiger partial charge in [-0.2, -0.15) is 4.98 Å². The highest BCUT2D eigenvalue weighted by Crippen LogP contribution is 2.30. The van der Waals surface area contributed by atoms with Crippen LogP contribution in [-0.2, 0) is 4.79 Å². The molecule has 0 spiro atoms. The summed E-state index contributed by atoms with van der Waals surface area (Å²) in [6.45, 7) is 1.60. The van der Waals surface area contributed by atoms with Crippen molar-refractivity contribution in [3.05, 3.63) is 53.6 Å². The number of rotatable bonds is 5. The molecule has 0 atom stereocenters. The first-order chi connectivity index (χ1) is 13.2. The van der Waals surface area contributed by atoms with E-state index in [1.54, 1.807) is 18.2 Å². The number of hydrogen-bond acceptors (Lipinski definition) is 5. The first kappa shape index (κ1) is 17.5. The van der Waals surface area contributed by atoms with E-state index in [4.69, 9.17) is 20.9 Å². The lowest BCUT2D eigenvalue weighted by atomic mass is 10.2. The van der Waals surface area contributed by atoms with Crippen LogP contribution in [0.1, 0.15) is 12.8 Å². The van der Waals surface area contributed by atoms with Gasteiger partial charge in [0.25, 0.3) is 11.8 Å². The summed E-state index contributed by atoms with van der Waals surface area (Å²) < 4.78 is 11.1. The van der Waals surface area contributed by atoms with Gasteiger partial charge < -0.3 is 14.2 Å². The molecule has 1 aliphatic rings. The number of likely N-dealkylation sites (tertiary alicyclic amines) is 1. The predicted octanol–water partition coefficient (Wildman–Crippen LogP) is 4.06. The van der Waals surface area contributed by atoms with E-state index in [1.807, 2.05) is 35.2 Å². The smallest absolute Gasteiger partial charge is 0.260 e. The van der Waals surface area contributed by atoms with Gasteiger partial charge in [0.05, 0.1) is 5.56 Å². The number of benzene rings is 2. The summed E-state index contributed by atoms with van der Waals surface area (Å²) in [5, 5.41) is 4.65. The zero-order valence-electron chi connectivity index (χ0n) is 14.6. The molecule has 27 heavy (non-hydrogen) atoms. The van der Waals surface area contributed by atoms with Crippen LogP contribution in [0.2, 0.25) is 5.02 Å². The summed E-state index contributed by atoms with van der Waals surface area (Å²) in [6.07, 6.45) is 2.11. The number of ether oxygens (including phenoxy) is 1. The molecule has 0 N–H and O–H groups in total. The van der Waals surface area contributed by atoms with Gasteiger partial charge in [0.2, 0.25) is 5.82 Å². The third-order valence-electron chi connectivity index (χ3n) is 4.44. The maximum absolute atomic E-state index is 12.2. The van der Waals surface area contributed by atoms with Gasteiger partial charge >= 0.3 is 0 Å². The molecule has 1 amide bonds. The normalized spacial score (nSPS) is 13.7. The van der Waals surface area contributed by atoms with Gasteiger partial charge in [-0.15, -0.1) is 0 Å². The van der Waals surface area contributed by atoms with Gasteiger partial charge in [-0.05, 0) is 43.2 Å². The Kier molecular flexibility index (Phi) is 5.07. The fraction of sp³-hybridized carbons (Fsp3) is 0.250. The van der Waals surface area contributed by atoms with Gasteiger partial charge in [0.1, 0.15) is 5.75 Å². The predicted molar refractivity (Wildman–Crippen MR) is 101 cm³/mol. The van der Waals surface area contributed by atoms with Gasteiger partial charge in [0, 0.05) is 23.7 Å².